The monoisotopic (exact) mass is 424 g/mol. The molecule has 1 aromatic carbocycles. The quantitative estimate of drug-likeness (QED) is 0.679. The predicted octanol–water partition coefficient (Wildman–Crippen LogP) is 3.65. The lowest BCUT2D eigenvalue weighted by atomic mass is 9.97. The molecule has 0 unspecified atom stereocenters. The number of carbonyl (C=O) groups excluding carboxylic acids is 1. The number of hydrogen-bond donors (Lipinski definition) is 1. The molecule has 2 aromatic heterocycles. The van der Waals surface area contributed by atoms with Gasteiger partial charge in [0.2, 0.25) is 5.91 Å². The number of amides is 1. The van der Waals surface area contributed by atoms with Crippen molar-refractivity contribution in [2.45, 2.75) is 52.6 Å². The maximum atomic E-state index is 13.5. The van der Waals surface area contributed by atoms with E-state index in [0.717, 1.165) is 52.7 Å². The number of hydrogen-bond acceptors (Lipinski definition) is 5. The SMILES string of the molecule is Cc1ccc(NC(=O)Cn2c(CN(C)C)nc3sc4c(c3c2=O)CCCC4)cc1C. The number of benzene rings is 1. The maximum absolute atomic E-state index is 13.5. The average Bonchev–Trinajstić information content (AvgIpc) is 3.05. The Kier molecular flexibility index (Phi) is 5.75. The molecule has 1 N–H and O–H groups in total. The van der Waals surface area contributed by atoms with Gasteiger partial charge in [0.05, 0.1) is 11.9 Å². The molecule has 158 valence electrons. The van der Waals surface area contributed by atoms with Crippen molar-refractivity contribution in [2.75, 3.05) is 19.4 Å². The second kappa shape index (κ2) is 8.32. The number of anilines is 1. The van der Waals surface area contributed by atoms with Crippen molar-refractivity contribution in [3.05, 3.63) is 55.9 Å². The third-order valence-corrected chi connectivity index (χ3v) is 6.89. The molecule has 1 aliphatic rings. The molecular formula is C23H28N4O2S. The zero-order valence-corrected chi connectivity index (χ0v) is 18.9. The lowest BCUT2D eigenvalue weighted by Crippen LogP contribution is -2.33. The fourth-order valence-electron chi connectivity index (χ4n) is 4.01. The molecule has 2 heterocycles. The summed E-state index contributed by atoms with van der Waals surface area (Å²) in [6.07, 6.45) is 4.21. The summed E-state index contributed by atoms with van der Waals surface area (Å²) in [5.41, 5.74) is 4.10. The molecule has 0 atom stereocenters. The van der Waals surface area contributed by atoms with Crippen LogP contribution in [0.5, 0.6) is 0 Å². The van der Waals surface area contributed by atoms with Gasteiger partial charge in [0.15, 0.2) is 0 Å². The molecule has 1 amide bonds. The number of nitrogens with zero attached hydrogens (tertiary/aromatic N) is 3. The Hall–Kier alpha value is -2.51. The van der Waals surface area contributed by atoms with Crippen molar-refractivity contribution in [3.8, 4) is 0 Å². The molecule has 30 heavy (non-hydrogen) atoms. The van der Waals surface area contributed by atoms with Crippen LogP contribution in [0, 0.1) is 13.8 Å². The third kappa shape index (κ3) is 4.04. The number of carbonyl (C=O) groups is 1. The molecular weight excluding hydrogens is 396 g/mol. The van der Waals surface area contributed by atoms with E-state index in [4.69, 9.17) is 4.98 Å². The lowest BCUT2D eigenvalue weighted by Gasteiger charge is -2.16. The summed E-state index contributed by atoms with van der Waals surface area (Å²) in [5.74, 6) is 0.414. The fourth-order valence-corrected chi connectivity index (χ4v) is 5.28. The minimum atomic E-state index is -0.217. The van der Waals surface area contributed by atoms with E-state index in [1.807, 2.05) is 51.0 Å². The van der Waals surface area contributed by atoms with Crippen LogP contribution in [0.2, 0.25) is 0 Å². The van der Waals surface area contributed by atoms with E-state index in [9.17, 15) is 9.59 Å². The van der Waals surface area contributed by atoms with Gasteiger partial charge in [-0.2, -0.15) is 0 Å². The Morgan fingerprint density at radius 3 is 2.70 bits per heavy atom. The van der Waals surface area contributed by atoms with Crippen LogP contribution in [0.3, 0.4) is 0 Å². The summed E-state index contributed by atoms with van der Waals surface area (Å²) < 4.78 is 1.56. The first-order valence-corrected chi connectivity index (χ1v) is 11.2. The summed E-state index contributed by atoms with van der Waals surface area (Å²) >= 11 is 1.64. The smallest absolute Gasteiger partial charge is 0.263 e. The summed E-state index contributed by atoms with van der Waals surface area (Å²) in [7, 11) is 3.88. The molecule has 3 aromatic rings. The van der Waals surface area contributed by atoms with Gasteiger partial charge in [-0.3, -0.25) is 14.2 Å². The van der Waals surface area contributed by atoms with Gasteiger partial charge in [-0.25, -0.2) is 4.98 Å². The van der Waals surface area contributed by atoms with E-state index in [0.29, 0.717) is 12.4 Å². The molecule has 0 saturated carbocycles. The van der Waals surface area contributed by atoms with Crippen LogP contribution < -0.4 is 10.9 Å². The minimum absolute atomic E-state index is 0.0392. The first-order chi connectivity index (χ1) is 14.3. The topological polar surface area (TPSA) is 67.2 Å². The maximum Gasteiger partial charge on any atom is 0.263 e. The normalized spacial score (nSPS) is 13.6. The number of thiophene rings is 1. The second-order valence-electron chi connectivity index (χ2n) is 8.40. The van der Waals surface area contributed by atoms with Crippen molar-refractivity contribution >= 4 is 33.1 Å². The molecule has 0 spiro atoms. The molecule has 0 radical (unpaired) electrons. The van der Waals surface area contributed by atoms with E-state index < -0.39 is 0 Å². The number of aryl methyl sites for hydroxylation is 4. The zero-order chi connectivity index (χ0) is 21.4. The Labute approximate surface area is 180 Å². The standard InChI is InChI=1S/C23H28N4O2S/c1-14-9-10-16(11-15(14)2)24-20(28)13-27-19(12-26(3)4)25-22-21(23(27)29)17-7-5-6-8-18(17)30-22/h9-11H,5-8,12-13H2,1-4H3,(H,24,28). The van der Waals surface area contributed by atoms with Gasteiger partial charge in [0.1, 0.15) is 17.2 Å². The minimum Gasteiger partial charge on any atom is -0.325 e. The fraction of sp³-hybridized carbons (Fsp3) is 0.435. The molecule has 6 nitrogen and oxygen atoms in total. The number of fused-ring (bicyclic) bond motifs is 3. The van der Waals surface area contributed by atoms with Gasteiger partial charge in [0, 0.05) is 10.6 Å². The van der Waals surface area contributed by atoms with Crippen LogP contribution in [0.15, 0.2) is 23.0 Å². The van der Waals surface area contributed by atoms with Crippen LogP contribution in [0.4, 0.5) is 5.69 Å². The van der Waals surface area contributed by atoms with E-state index >= 15 is 0 Å². The van der Waals surface area contributed by atoms with Gasteiger partial charge in [-0.1, -0.05) is 6.07 Å². The molecule has 0 fully saturated rings. The van der Waals surface area contributed by atoms with Gasteiger partial charge in [-0.15, -0.1) is 11.3 Å². The summed E-state index contributed by atoms with van der Waals surface area (Å²) in [4.78, 5) is 35.2. The molecule has 7 heteroatoms. The highest BCUT2D eigenvalue weighted by molar-refractivity contribution is 7.18. The highest BCUT2D eigenvalue weighted by Crippen LogP contribution is 2.33. The second-order valence-corrected chi connectivity index (χ2v) is 9.48. The van der Waals surface area contributed by atoms with Crippen molar-refractivity contribution in [3.63, 3.8) is 0 Å². The van der Waals surface area contributed by atoms with Crippen LogP contribution in [0.1, 0.15) is 40.2 Å². The Bertz CT molecular complexity index is 1180. The van der Waals surface area contributed by atoms with Crippen molar-refractivity contribution in [1.82, 2.24) is 14.5 Å². The number of rotatable bonds is 5. The third-order valence-electron chi connectivity index (χ3n) is 5.70. The Morgan fingerprint density at radius 1 is 1.20 bits per heavy atom. The molecule has 0 bridgehead atoms. The largest absolute Gasteiger partial charge is 0.325 e. The zero-order valence-electron chi connectivity index (χ0n) is 18.0. The van der Waals surface area contributed by atoms with Crippen molar-refractivity contribution in [2.24, 2.45) is 0 Å². The van der Waals surface area contributed by atoms with Gasteiger partial charge in [-0.05, 0) is 82.4 Å². The van der Waals surface area contributed by atoms with E-state index in [1.165, 1.54) is 10.4 Å². The van der Waals surface area contributed by atoms with Crippen LogP contribution in [-0.4, -0.2) is 34.5 Å². The number of nitrogens with one attached hydrogen (secondary N) is 1. The van der Waals surface area contributed by atoms with Crippen molar-refractivity contribution < 1.29 is 4.79 Å². The highest BCUT2D eigenvalue weighted by Gasteiger charge is 2.23. The van der Waals surface area contributed by atoms with Crippen LogP contribution in [0.25, 0.3) is 10.2 Å². The Morgan fingerprint density at radius 2 is 1.97 bits per heavy atom. The molecule has 4 rings (SSSR count). The summed E-state index contributed by atoms with van der Waals surface area (Å²) in [5, 5.41) is 3.65. The highest BCUT2D eigenvalue weighted by atomic mass is 32.1. The predicted molar refractivity (Wildman–Crippen MR) is 122 cm³/mol. The molecule has 0 saturated heterocycles. The van der Waals surface area contributed by atoms with Gasteiger partial charge < -0.3 is 10.2 Å². The van der Waals surface area contributed by atoms with E-state index in [2.05, 4.69) is 5.32 Å². The molecule has 1 aliphatic carbocycles. The molecule has 0 aliphatic heterocycles. The average molecular weight is 425 g/mol. The lowest BCUT2D eigenvalue weighted by molar-refractivity contribution is -0.116. The van der Waals surface area contributed by atoms with Crippen LogP contribution in [-0.2, 0) is 30.7 Å². The van der Waals surface area contributed by atoms with Crippen molar-refractivity contribution in [1.29, 1.82) is 0 Å². The van der Waals surface area contributed by atoms with Gasteiger partial charge in [0.25, 0.3) is 5.56 Å². The summed E-state index contributed by atoms with van der Waals surface area (Å²) in [6, 6.07) is 5.83. The van der Waals surface area contributed by atoms with E-state index in [-0.39, 0.29) is 18.0 Å². The first kappa shape index (κ1) is 20.8. The van der Waals surface area contributed by atoms with E-state index in [1.54, 1.807) is 15.9 Å². The van der Waals surface area contributed by atoms with Crippen LogP contribution >= 0.6 is 11.3 Å². The first-order valence-electron chi connectivity index (χ1n) is 10.4. The van der Waals surface area contributed by atoms with Gasteiger partial charge >= 0.3 is 0 Å². The summed E-state index contributed by atoms with van der Waals surface area (Å²) in [6.45, 7) is 4.52. The Balaban J connectivity index is 1.72. The number of aromatic nitrogens is 2.